The highest BCUT2D eigenvalue weighted by Gasteiger charge is 2.40. The fourth-order valence-corrected chi connectivity index (χ4v) is 0.248. The van der Waals surface area contributed by atoms with E-state index in [9.17, 15) is 22.5 Å². The lowest BCUT2D eigenvalue weighted by Gasteiger charge is -2.04. The van der Waals surface area contributed by atoms with Crippen molar-refractivity contribution in [2.75, 3.05) is 13.2 Å². The van der Waals surface area contributed by atoms with Crippen LogP contribution in [0.3, 0.4) is 0 Å². The van der Waals surface area contributed by atoms with Crippen molar-refractivity contribution in [3.8, 4) is 0 Å². The van der Waals surface area contributed by atoms with Gasteiger partial charge >= 0.3 is 12.1 Å². The SMILES string of the molecule is O=C(OCCOF)C(F)(F)F. The summed E-state index contributed by atoms with van der Waals surface area (Å²) in [7, 11) is 0. The average Bonchev–Trinajstić information content (AvgIpc) is 1.86. The van der Waals surface area contributed by atoms with Crippen LogP contribution in [0.1, 0.15) is 0 Å². The molecule has 0 spiro atoms. The van der Waals surface area contributed by atoms with Crippen LogP contribution in [-0.2, 0) is 14.5 Å². The van der Waals surface area contributed by atoms with E-state index in [1.165, 1.54) is 0 Å². The van der Waals surface area contributed by atoms with Gasteiger partial charge in [-0.15, -0.1) is 0 Å². The van der Waals surface area contributed by atoms with Gasteiger partial charge in [-0.1, -0.05) is 0 Å². The molecule has 0 atom stereocenters. The summed E-state index contributed by atoms with van der Waals surface area (Å²) in [5.41, 5.74) is 0. The minimum absolute atomic E-state index is 0.707. The molecule has 66 valence electrons. The number of halogens is 4. The van der Waals surface area contributed by atoms with Crippen molar-refractivity contribution in [1.29, 1.82) is 0 Å². The molecule has 0 amide bonds. The molecule has 11 heavy (non-hydrogen) atoms. The van der Waals surface area contributed by atoms with Crippen molar-refractivity contribution in [2.45, 2.75) is 6.18 Å². The molecular formula is C4H4F4O3. The number of carbonyl (C=O) groups is 1. The van der Waals surface area contributed by atoms with Crippen LogP contribution in [0.15, 0.2) is 0 Å². The van der Waals surface area contributed by atoms with Gasteiger partial charge in [-0.25, -0.2) is 4.79 Å². The molecule has 0 unspecified atom stereocenters. The smallest absolute Gasteiger partial charge is 0.456 e. The molecule has 0 heterocycles. The second-order valence-electron chi connectivity index (χ2n) is 1.45. The second kappa shape index (κ2) is 4.12. The maximum atomic E-state index is 11.3. The van der Waals surface area contributed by atoms with E-state index < -0.39 is 25.4 Å². The normalized spacial score (nSPS) is 11.3. The van der Waals surface area contributed by atoms with Crippen LogP contribution in [0.5, 0.6) is 0 Å². The molecule has 0 aromatic heterocycles. The Balaban J connectivity index is 3.54. The number of hydrogen-bond acceptors (Lipinski definition) is 3. The number of ether oxygens (including phenoxy) is 1. The van der Waals surface area contributed by atoms with Crippen molar-refractivity contribution < 1.29 is 32.2 Å². The monoisotopic (exact) mass is 176 g/mol. The minimum atomic E-state index is -5.03. The van der Waals surface area contributed by atoms with Gasteiger partial charge in [0.15, 0.2) is 0 Å². The van der Waals surface area contributed by atoms with Gasteiger partial charge in [-0.3, -0.25) is 0 Å². The zero-order chi connectivity index (χ0) is 8.91. The molecule has 0 aliphatic carbocycles. The van der Waals surface area contributed by atoms with E-state index in [0.717, 1.165) is 0 Å². The summed E-state index contributed by atoms with van der Waals surface area (Å²) in [4.78, 5) is 12.7. The summed E-state index contributed by atoms with van der Waals surface area (Å²) < 4.78 is 48.1. The first-order valence-electron chi connectivity index (χ1n) is 2.46. The van der Waals surface area contributed by atoms with Crippen LogP contribution in [-0.4, -0.2) is 25.4 Å². The Morgan fingerprint density at radius 3 is 2.18 bits per heavy atom. The molecule has 0 aromatic carbocycles. The van der Waals surface area contributed by atoms with Gasteiger partial charge in [-0.05, 0) is 4.53 Å². The van der Waals surface area contributed by atoms with Crippen LogP contribution >= 0.6 is 0 Å². The molecule has 0 rings (SSSR count). The summed E-state index contributed by atoms with van der Waals surface area (Å²) in [5, 5.41) is 0. The summed E-state index contributed by atoms with van der Waals surface area (Å²) in [6.07, 6.45) is -5.03. The van der Waals surface area contributed by atoms with Crippen LogP contribution in [0.4, 0.5) is 17.7 Å². The maximum Gasteiger partial charge on any atom is 0.490 e. The molecule has 7 heteroatoms. The van der Waals surface area contributed by atoms with E-state index in [1.54, 1.807) is 0 Å². The Kier molecular flexibility index (Phi) is 3.80. The summed E-state index contributed by atoms with van der Waals surface area (Å²) in [6.45, 7) is -1.46. The van der Waals surface area contributed by atoms with Crippen LogP contribution in [0.2, 0.25) is 0 Å². The third-order valence-corrected chi connectivity index (χ3v) is 0.625. The lowest BCUT2D eigenvalue weighted by Crippen LogP contribution is -2.26. The molecule has 0 aliphatic rings. The molecule has 0 fully saturated rings. The molecule has 0 saturated heterocycles. The first kappa shape index (κ1) is 10.2. The largest absolute Gasteiger partial charge is 0.490 e. The summed E-state index contributed by atoms with van der Waals surface area (Å²) in [6, 6.07) is 0. The van der Waals surface area contributed by atoms with E-state index in [-0.39, 0.29) is 0 Å². The van der Waals surface area contributed by atoms with Gasteiger partial charge in [0.25, 0.3) is 0 Å². The average molecular weight is 176 g/mol. The predicted molar refractivity (Wildman–Crippen MR) is 24.1 cm³/mol. The Labute approximate surface area is 58.8 Å². The fraction of sp³-hybridized carbons (Fsp3) is 0.750. The predicted octanol–water partition coefficient (Wildman–Crippen LogP) is 0.993. The Bertz CT molecular complexity index is 132. The number of esters is 1. The van der Waals surface area contributed by atoms with Gasteiger partial charge in [0, 0.05) is 0 Å². The Morgan fingerprint density at radius 2 is 1.82 bits per heavy atom. The maximum absolute atomic E-state index is 11.3. The van der Waals surface area contributed by atoms with Crippen molar-refractivity contribution in [3.63, 3.8) is 0 Å². The first-order valence-corrected chi connectivity index (χ1v) is 2.46. The highest BCUT2D eigenvalue weighted by molar-refractivity contribution is 5.75. The van der Waals surface area contributed by atoms with E-state index in [1.807, 2.05) is 0 Å². The van der Waals surface area contributed by atoms with Crippen molar-refractivity contribution in [3.05, 3.63) is 0 Å². The van der Waals surface area contributed by atoms with Crippen LogP contribution in [0.25, 0.3) is 0 Å². The molecule has 0 aromatic rings. The lowest BCUT2D eigenvalue weighted by atomic mass is 10.6. The first-order chi connectivity index (χ1) is 4.98. The third-order valence-electron chi connectivity index (χ3n) is 0.625. The molecular weight excluding hydrogens is 172 g/mol. The Morgan fingerprint density at radius 1 is 1.27 bits per heavy atom. The van der Waals surface area contributed by atoms with Gasteiger partial charge in [0.1, 0.15) is 13.2 Å². The van der Waals surface area contributed by atoms with Gasteiger partial charge < -0.3 is 4.74 Å². The molecule has 0 saturated carbocycles. The Hall–Kier alpha value is -0.850. The summed E-state index contributed by atoms with van der Waals surface area (Å²) in [5.74, 6) is -2.35. The van der Waals surface area contributed by atoms with E-state index >= 15 is 0 Å². The topological polar surface area (TPSA) is 35.5 Å². The molecule has 0 N–H and O–H groups in total. The molecule has 0 aliphatic heterocycles. The van der Waals surface area contributed by atoms with Crippen LogP contribution < -0.4 is 0 Å². The van der Waals surface area contributed by atoms with E-state index in [4.69, 9.17) is 0 Å². The highest BCUT2D eigenvalue weighted by Crippen LogP contribution is 2.15. The lowest BCUT2D eigenvalue weighted by molar-refractivity contribution is -0.206. The van der Waals surface area contributed by atoms with Crippen molar-refractivity contribution >= 4 is 5.97 Å². The number of rotatable bonds is 3. The number of alkyl halides is 3. The van der Waals surface area contributed by atoms with Crippen molar-refractivity contribution in [2.24, 2.45) is 0 Å². The fourth-order valence-electron chi connectivity index (χ4n) is 0.248. The standard InChI is InChI=1S/C4H4F4O3/c5-4(6,7)3(9)10-1-2-11-8/h1-2H2. The van der Waals surface area contributed by atoms with Gasteiger partial charge in [0.05, 0.1) is 0 Å². The zero-order valence-corrected chi connectivity index (χ0v) is 5.15. The van der Waals surface area contributed by atoms with E-state index in [2.05, 4.69) is 9.68 Å². The van der Waals surface area contributed by atoms with Gasteiger partial charge in [0.2, 0.25) is 0 Å². The van der Waals surface area contributed by atoms with Crippen LogP contribution in [0, 0.1) is 0 Å². The minimum Gasteiger partial charge on any atom is -0.456 e. The van der Waals surface area contributed by atoms with E-state index in [0.29, 0.717) is 0 Å². The van der Waals surface area contributed by atoms with Crippen molar-refractivity contribution in [1.82, 2.24) is 0 Å². The molecule has 3 nitrogen and oxygen atoms in total. The second-order valence-corrected chi connectivity index (χ2v) is 1.45. The molecule has 0 radical (unpaired) electrons. The summed E-state index contributed by atoms with van der Waals surface area (Å²) >= 11 is 0. The third kappa shape index (κ3) is 4.54. The number of carbonyl (C=O) groups excluding carboxylic acids is 1. The zero-order valence-electron chi connectivity index (χ0n) is 5.15. The molecule has 0 bridgehead atoms. The quantitative estimate of drug-likeness (QED) is 0.365. The highest BCUT2D eigenvalue weighted by atomic mass is 19.4. The van der Waals surface area contributed by atoms with Gasteiger partial charge in [-0.2, -0.15) is 18.1 Å². The number of hydrogen-bond donors (Lipinski definition) is 0.